The number of Topliss-reactive ketones (excluding diaryl/α,β-unsaturated/α-hetero) is 1. The van der Waals surface area contributed by atoms with Gasteiger partial charge in [-0.3, -0.25) is 9.59 Å². The Morgan fingerprint density at radius 2 is 1.90 bits per heavy atom. The van der Waals surface area contributed by atoms with Crippen LogP contribution >= 0.6 is 0 Å². The zero-order valence-electron chi connectivity index (χ0n) is 18.2. The van der Waals surface area contributed by atoms with Crippen LogP contribution in [0.2, 0.25) is 0 Å². The Kier molecular flexibility index (Phi) is 5.98. The number of hydrogen-bond acceptors (Lipinski definition) is 4. The van der Waals surface area contributed by atoms with E-state index in [-0.39, 0.29) is 24.3 Å². The first-order chi connectivity index (χ1) is 15.0. The summed E-state index contributed by atoms with van der Waals surface area (Å²) in [4.78, 5) is 25.0. The standard InChI is InChI=1S/C25H28N2O4/c1-4-18-7-5-8-20-21(17(3)28)14-27(25(18)20)15-24(29)26-16(2)19-9-10-22-23(13-19)31-12-6-11-30-22/h5,7-10,13-14,16H,4,6,11-12,15H2,1-3H3,(H,26,29)/t16-/m0/s1. The number of hydrogen-bond donors (Lipinski definition) is 1. The Balaban J connectivity index is 1.54. The predicted octanol–water partition coefficient (Wildman–Crippen LogP) is 4.45. The highest BCUT2D eigenvalue weighted by atomic mass is 16.5. The lowest BCUT2D eigenvalue weighted by Crippen LogP contribution is -2.30. The molecule has 0 unspecified atom stereocenters. The average molecular weight is 421 g/mol. The van der Waals surface area contributed by atoms with Gasteiger partial charge in [-0.05, 0) is 43.5 Å². The molecule has 0 aliphatic carbocycles. The van der Waals surface area contributed by atoms with Gasteiger partial charge in [0.05, 0.1) is 24.8 Å². The lowest BCUT2D eigenvalue weighted by molar-refractivity contribution is -0.122. The minimum Gasteiger partial charge on any atom is -0.490 e. The van der Waals surface area contributed by atoms with Gasteiger partial charge in [0.25, 0.3) is 0 Å². The monoisotopic (exact) mass is 420 g/mol. The summed E-state index contributed by atoms with van der Waals surface area (Å²) < 4.78 is 13.3. The van der Waals surface area contributed by atoms with E-state index in [9.17, 15) is 9.59 Å². The Morgan fingerprint density at radius 3 is 2.65 bits per heavy atom. The molecule has 162 valence electrons. The van der Waals surface area contributed by atoms with Crippen LogP contribution in [-0.4, -0.2) is 29.5 Å². The highest BCUT2D eigenvalue weighted by molar-refractivity contribution is 6.07. The second kappa shape index (κ2) is 8.84. The van der Waals surface area contributed by atoms with E-state index < -0.39 is 0 Å². The van der Waals surface area contributed by atoms with E-state index in [0.717, 1.165) is 40.6 Å². The second-order valence-electron chi connectivity index (χ2n) is 7.94. The van der Waals surface area contributed by atoms with E-state index in [0.29, 0.717) is 24.5 Å². The summed E-state index contributed by atoms with van der Waals surface area (Å²) in [5, 5.41) is 3.97. The molecule has 6 nitrogen and oxygen atoms in total. The number of fused-ring (bicyclic) bond motifs is 2. The van der Waals surface area contributed by atoms with Crippen molar-refractivity contribution in [3.63, 3.8) is 0 Å². The van der Waals surface area contributed by atoms with Gasteiger partial charge in [0, 0.05) is 23.6 Å². The molecule has 1 amide bonds. The number of nitrogens with zero attached hydrogens (tertiary/aromatic N) is 1. The first-order valence-electron chi connectivity index (χ1n) is 10.8. The molecule has 1 aromatic heterocycles. The van der Waals surface area contributed by atoms with Crippen molar-refractivity contribution in [3.05, 3.63) is 59.3 Å². The first kappa shape index (κ1) is 21.0. The minimum absolute atomic E-state index is 0.00187. The molecule has 0 spiro atoms. The van der Waals surface area contributed by atoms with Crippen molar-refractivity contribution in [2.24, 2.45) is 0 Å². The van der Waals surface area contributed by atoms with Gasteiger partial charge in [0.1, 0.15) is 6.54 Å². The van der Waals surface area contributed by atoms with Crippen LogP contribution in [0.4, 0.5) is 0 Å². The van der Waals surface area contributed by atoms with E-state index in [4.69, 9.17) is 9.47 Å². The molecule has 0 bridgehead atoms. The third kappa shape index (κ3) is 4.29. The number of ketones is 1. The second-order valence-corrected chi connectivity index (χ2v) is 7.94. The molecule has 1 atom stereocenters. The molecule has 1 aliphatic heterocycles. The number of ether oxygens (including phenoxy) is 2. The number of amides is 1. The molecule has 4 rings (SSSR count). The van der Waals surface area contributed by atoms with Crippen LogP contribution in [-0.2, 0) is 17.8 Å². The predicted molar refractivity (Wildman–Crippen MR) is 120 cm³/mol. The number of carbonyl (C=O) groups excluding carboxylic acids is 2. The maximum Gasteiger partial charge on any atom is 0.240 e. The van der Waals surface area contributed by atoms with Crippen molar-refractivity contribution in [1.29, 1.82) is 0 Å². The van der Waals surface area contributed by atoms with Gasteiger partial charge >= 0.3 is 0 Å². The molecular formula is C25H28N2O4. The zero-order chi connectivity index (χ0) is 22.0. The number of para-hydroxylation sites is 1. The van der Waals surface area contributed by atoms with Crippen molar-refractivity contribution in [2.75, 3.05) is 13.2 Å². The van der Waals surface area contributed by atoms with Crippen LogP contribution < -0.4 is 14.8 Å². The maximum atomic E-state index is 12.9. The molecule has 1 N–H and O–H groups in total. The summed E-state index contributed by atoms with van der Waals surface area (Å²) in [6.45, 7) is 7.00. The highest BCUT2D eigenvalue weighted by Crippen LogP contribution is 2.32. The summed E-state index contributed by atoms with van der Waals surface area (Å²) in [6.07, 6.45) is 3.47. The molecule has 6 heteroatoms. The molecule has 3 aromatic rings. The van der Waals surface area contributed by atoms with Gasteiger partial charge < -0.3 is 19.4 Å². The Hall–Kier alpha value is -3.28. The van der Waals surface area contributed by atoms with E-state index in [1.165, 1.54) is 0 Å². The molecule has 0 saturated heterocycles. The minimum atomic E-state index is -0.190. The fourth-order valence-corrected chi connectivity index (χ4v) is 4.10. The van der Waals surface area contributed by atoms with E-state index in [2.05, 4.69) is 12.2 Å². The van der Waals surface area contributed by atoms with Gasteiger partial charge in [-0.15, -0.1) is 0 Å². The lowest BCUT2D eigenvalue weighted by Gasteiger charge is -2.17. The molecule has 0 fully saturated rings. The molecule has 0 saturated carbocycles. The topological polar surface area (TPSA) is 69.6 Å². The van der Waals surface area contributed by atoms with E-state index >= 15 is 0 Å². The molecular weight excluding hydrogens is 392 g/mol. The Labute approximate surface area is 182 Å². The van der Waals surface area contributed by atoms with Crippen LogP contribution in [0.3, 0.4) is 0 Å². The number of benzene rings is 2. The van der Waals surface area contributed by atoms with Crippen molar-refractivity contribution in [3.8, 4) is 11.5 Å². The number of nitrogens with one attached hydrogen (secondary N) is 1. The average Bonchev–Trinajstić information content (AvgIpc) is 2.96. The van der Waals surface area contributed by atoms with E-state index in [1.807, 2.05) is 47.9 Å². The smallest absolute Gasteiger partial charge is 0.240 e. The van der Waals surface area contributed by atoms with Crippen LogP contribution in [0.25, 0.3) is 10.9 Å². The summed E-state index contributed by atoms with van der Waals surface area (Å²) in [6, 6.07) is 11.5. The summed E-state index contributed by atoms with van der Waals surface area (Å²) >= 11 is 0. The fourth-order valence-electron chi connectivity index (χ4n) is 4.10. The number of carbonyl (C=O) groups is 2. The molecule has 2 heterocycles. The largest absolute Gasteiger partial charge is 0.490 e. The third-order valence-electron chi connectivity index (χ3n) is 5.71. The number of aromatic nitrogens is 1. The summed E-state index contributed by atoms with van der Waals surface area (Å²) in [7, 11) is 0. The summed E-state index contributed by atoms with van der Waals surface area (Å²) in [5.41, 5.74) is 3.67. The van der Waals surface area contributed by atoms with E-state index in [1.54, 1.807) is 13.1 Å². The molecule has 2 aromatic carbocycles. The van der Waals surface area contributed by atoms with Gasteiger partial charge in [-0.25, -0.2) is 0 Å². The molecule has 0 radical (unpaired) electrons. The first-order valence-corrected chi connectivity index (χ1v) is 10.8. The van der Waals surface area contributed by atoms with Crippen molar-refractivity contribution in [2.45, 2.75) is 46.2 Å². The highest BCUT2D eigenvalue weighted by Gasteiger charge is 2.18. The quantitative estimate of drug-likeness (QED) is 0.599. The van der Waals surface area contributed by atoms with Gasteiger partial charge in [0.2, 0.25) is 5.91 Å². The van der Waals surface area contributed by atoms with Crippen LogP contribution in [0, 0.1) is 0 Å². The lowest BCUT2D eigenvalue weighted by atomic mass is 10.1. The van der Waals surface area contributed by atoms with Gasteiger partial charge in [-0.2, -0.15) is 0 Å². The van der Waals surface area contributed by atoms with Crippen molar-refractivity contribution >= 4 is 22.6 Å². The third-order valence-corrected chi connectivity index (χ3v) is 5.71. The van der Waals surface area contributed by atoms with Crippen molar-refractivity contribution < 1.29 is 19.1 Å². The molecule has 1 aliphatic rings. The molecule has 31 heavy (non-hydrogen) atoms. The normalized spacial score (nSPS) is 14.2. The van der Waals surface area contributed by atoms with Gasteiger partial charge in [0.15, 0.2) is 17.3 Å². The SMILES string of the molecule is CCc1cccc2c(C(C)=O)cn(CC(=O)N[C@@H](C)c3ccc4c(c3)OCCCO4)c12. The summed E-state index contributed by atoms with van der Waals surface area (Å²) in [5.74, 6) is 1.34. The number of rotatable bonds is 6. The Bertz CT molecular complexity index is 1130. The number of aryl methyl sites for hydroxylation is 1. The van der Waals surface area contributed by atoms with Gasteiger partial charge in [-0.1, -0.05) is 31.2 Å². The van der Waals surface area contributed by atoms with Crippen LogP contribution in [0.1, 0.15) is 54.7 Å². The van der Waals surface area contributed by atoms with Crippen LogP contribution in [0.5, 0.6) is 11.5 Å². The fraction of sp³-hybridized carbons (Fsp3) is 0.360. The zero-order valence-corrected chi connectivity index (χ0v) is 18.2. The van der Waals surface area contributed by atoms with Crippen LogP contribution in [0.15, 0.2) is 42.6 Å². The maximum absolute atomic E-state index is 12.9. The Morgan fingerprint density at radius 1 is 1.13 bits per heavy atom. The van der Waals surface area contributed by atoms with Crippen molar-refractivity contribution in [1.82, 2.24) is 9.88 Å².